The van der Waals surface area contributed by atoms with Crippen molar-refractivity contribution in [3.8, 4) is 0 Å². The van der Waals surface area contributed by atoms with Gasteiger partial charge in [-0.2, -0.15) is 0 Å². The highest BCUT2D eigenvalue weighted by Gasteiger charge is 2.18. The second kappa shape index (κ2) is 4.03. The van der Waals surface area contributed by atoms with E-state index in [2.05, 4.69) is 0 Å². The number of benzene rings is 1. The van der Waals surface area contributed by atoms with Gasteiger partial charge in [-0.15, -0.1) is 0 Å². The van der Waals surface area contributed by atoms with Crippen molar-refractivity contribution in [2.75, 3.05) is 6.61 Å². The fourth-order valence-corrected chi connectivity index (χ4v) is 1.65. The van der Waals surface area contributed by atoms with Gasteiger partial charge in [0.15, 0.2) is 5.78 Å². The van der Waals surface area contributed by atoms with Gasteiger partial charge >= 0.3 is 0 Å². The van der Waals surface area contributed by atoms with Gasteiger partial charge in [-0.3, -0.25) is 4.79 Å². The van der Waals surface area contributed by atoms with E-state index in [0.29, 0.717) is 24.2 Å². The van der Waals surface area contributed by atoms with Gasteiger partial charge in [-0.25, -0.2) is 4.39 Å². The maximum absolute atomic E-state index is 12.8. The lowest BCUT2D eigenvalue weighted by Crippen LogP contribution is -2.03. The molecule has 1 aliphatic rings. The Balaban J connectivity index is 2.33. The van der Waals surface area contributed by atoms with Gasteiger partial charge in [0.1, 0.15) is 5.82 Å². The van der Waals surface area contributed by atoms with Crippen molar-refractivity contribution in [1.82, 2.24) is 0 Å². The Hall–Kier alpha value is -1.35. The molecule has 0 radical (unpaired) electrons. The maximum Gasteiger partial charge on any atom is 0.193 e. The van der Waals surface area contributed by atoms with E-state index >= 15 is 0 Å². The molecule has 4 heteroatoms. The summed E-state index contributed by atoms with van der Waals surface area (Å²) in [6.07, 6.45) is 2.01. The number of hydrogen-bond donors (Lipinski definition) is 0. The highest BCUT2D eigenvalue weighted by atomic mass is 35.5. The normalized spacial score (nSPS) is 14.7. The standard InChI is InChI=1S/C11H8ClFO2/c12-10-5-8(13)1-2-9(10)11(14)7-3-4-15-6-7/h1-2,5-6H,3-4H2. The van der Waals surface area contributed by atoms with Crippen molar-refractivity contribution in [3.05, 3.63) is 46.4 Å². The third-order valence-electron chi connectivity index (χ3n) is 2.18. The second-order valence-electron chi connectivity index (χ2n) is 3.22. The average molecular weight is 227 g/mol. The fraction of sp³-hybridized carbons (Fsp3) is 0.182. The smallest absolute Gasteiger partial charge is 0.193 e. The van der Waals surface area contributed by atoms with E-state index in [1.807, 2.05) is 0 Å². The molecule has 0 N–H and O–H groups in total. The molecule has 0 saturated heterocycles. The van der Waals surface area contributed by atoms with Gasteiger partial charge in [0.25, 0.3) is 0 Å². The predicted octanol–water partition coefficient (Wildman–Crippen LogP) is 2.97. The number of ether oxygens (including phenoxy) is 1. The Bertz CT molecular complexity index is 440. The summed E-state index contributed by atoms with van der Waals surface area (Å²) in [5.74, 6) is -0.647. The molecular formula is C11H8ClFO2. The molecule has 2 nitrogen and oxygen atoms in total. The quantitative estimate of drug-likeness (QED) is 0.725. The summed E-state index contributed by atoms with van der Waals surface area (Å²) in [7, 11) is 0. The lowest BCUT2D eigenvalue weighted by molar-refractivity contribution is 0.103. The first-order valence-corrected chi connectivity index (χ1v) is 4.86. The van der Waals surface area contributed by atoms with Crippen LogP contribution in [0.4, 0.5) is 4.39 Å². The van der Waals surface area contributed by atoms with E-state index < -0.39 is 5.82 Å². The number of hydrogen-bond acceptors (Lipinski definition) is 2. The van der Waals surface area contributed by atoms with Crippen molar-refractivity contribution in [1.29, 1.82) is 0 Å². The van der Waals surface area contributed by atoms with Crippen molar-refractivity contribution in [3.63, 3.8) is 0 Å². The van der Waals surface area contributed by atoms with Gasteiger partial charge < -0.3 is 4.74 Å². The summed E-state index contributed by atoms with van der Waals surface area (Å²) in [6.45, 7) is 0.514. The molecule has 0 saturated carbocycles. The number of rotatable bonds is 2. The highest BCUT2D eigenvalue weighted by molar-refractivity contribution is 6.34. The lowest BCUT2D eigenvalue weighted by Gasteiger charge is -2.02. The van der Waals surface area contributed by atoms with Crippen molar-refractivity contribution in [2.45, 2.75) is 6.42 Å². The van der Waals surface area contributed by atoms with Crippen molar-refractivity contribution >= 4 is 17.4 Å². The van der Waals surface area contributed by atoms with E-state index in [-0.39, 0.29) is 10.8 Å². The molecule has 0 bridgehead atoms. The number of carbonyl (C=O) groups excluding carboxylic acids is 1. The molecule has 0 aliphatic carbocycles. The maximum atomic E-state index is 12.8. The van der Waals surface area contributed by atoms with Crippen LogP contribution in [0.25, 0.3) is 0 Å². The zero-order valence-electron chi connectivity index (χ0n) is 7.80. The van der Waals surface area contributed by atoms with Crippen LogP contribution < -0.4 is 0 Å². The van der Waals surface area contributed by atoms with Crippen LogP contribution in [-0.2, 0) is 4.74 Å². The van der Waals surface area contributed by atoms with E-state index in [4.69, 9.17) is 16.3 Å². The zero-order valence-corrected chi connectivity index (χ0v) is 8.55. The summed E-state index contributed by atoms with van der Waals surface area (Å²) >= 11 is 5.77. The average Bonchev–Trinajstić information content (AvgIpc) is 2.69. The minimum Gasteiger partial charge on any atom is -0.500 e. The molecule has 0 atom stereocenters. The Morgan fingerprint density at radius 1 is 1.47 bits per heavy atom. The Morgan fingerprint density at radius 3 is 2.87 bits per heavy atom. The number of ketones is 1. The van der Waals surface area contributed by atoms with Crippen LogP contribution in [0, 0.1) is 5.82 Å². The highest BCUT2D eigenvalue weighted by Crippen LogP contribution is 2.23. The molecule has 0 aromatic heterocycles. The topological polar surface area (TPSA) is 26.3 Å². The van der Waals surface area contributed by atoms with Gasteiger partial charge in [-0.1, -0.05) is 11.6 Å². The number of Topliss-reactive ketones (excluding diaryl/α,β-unsaturated/α-hetero) is 1. The Labute approximate surface area is 91.3 Å². The molecule has 2 rings (SSSR count). The van der Waals surface area contributed by atoms with Gasteiger partial charge in [0.05, 0.1) is 17.9 Å². The summed E-state index contributed by atoms with van der Waals surface area (Å²) in [6, 6.07) is 3.74. The van der Waals surface area contributed by atoms with Crippen LogP contribution in [0.1, 0.15) is 16.8 Å². The molecule has 0 fully saturated rings. The van der Waals surface area contributed by atoms with Crippen LogP contribution >= 0.6 is 11.6 Å². The fourth-order valence-electron chi connectivity index (χ4n) is 1.40. The summed E-state index contributed by atoms with van der Waals surface area (Å²) in [5.41, 5.74) is 0.887. The van der Waals surface area contributed by atoms with E-state index in [1.54, 1.807) is 0 Å². The molecule has 1 aliphatic heterocycles. The second-order valence-corrected chi connectivity index (χ2v) is 3.62. The van der Waals surface area contributed by atoms with Gasteiger partial charge in [-0.05, 0) is 18.2 Å². The molecule has 0 unspecified atom stereocenters. The predicted molar refractivity (Wildman–Crippen MR) is 54.4 cm³/mol. The van der Waals surface area contributed by atoms with Crippen LogP contribution in [0.3, 0.4) is 0 Å². The first-order chi connectivity index (χ1) is 7.18. The Morgan fingerprint density at radius 2 is 2.27 bits per heavy atom. The Kier molecular flexibility index (Phi) is 2.73. The third kappa shape index (κ3) is 2.02. The third-order valence-corrected chi connectivity index (χ3v) is 2.49. The molecular weight excluding hydrogens is 219 g/mol. The molecule has 78 valence electrons. The van der Waals surface area contributed by atoms with E-state index in [9.17, 15) is 9.18 Å². The number of carbonyl (C=O) groups is 1. The summed E-state index contributed by atoms with van der Waals surface area (Å²) in [4.78, 5) is 11.8. The molecule has 0 spiro atoms. The van der Waals surface area contributed by atoms with Gasteiger partial charge in [0, 0.05) is 17.6 Å². The van der Waals surface area contributed by atoms with Crippen molar-refractivity contribution in [2.24, 2.45) is 0 Å². The van der Waals surface area contributed by atoms with E-state index in [0.717, 1.165) is 6.07 Å². The minimum atomic E-state index is -0.451. The largest absolute Gasteiger partial charge is 0.500 e. The van der Waals surface area contributed by atoms with Gasteiger partial charge in [0.2, 0.25) is 0 Å². The first-order valence-electron chi connectivity index (χ1n) is 4.49. The van der Waals surface area contributed by atoms with Crippen LogP contribution in [0.5, 0.6) is 0 Å². The lowest BCUT2D eigenvalue weighted by atomic mass is 10.0. The SMILES string of the molecule is O=C(C1=COCC1)c1ccc(F)cc1Cl. The molecule has 1 aromatic rings. The van der Waals surface area contributed by atoms with Crippen LogP contribution in [0.2, 0.25) is 5.02 Å². The zero-order chi connectivity index (χ0) is 10.8. The van der Waals surface area contributed by atoms with Crippen molar-refractivity contribution < 1.29 is 13.9 Å². The van der Waals surface area contributed by atoms with Crippen LogP contribution in [0.15, 0.2) is 30.0 Å². The molecule has 1 heterocycles. The molecule has 0 amide bonds. The molecule has 15 heavy (non-hydrogen) atoms. The monoisotopic (exact) mass is 226 g/mol. The summed E-state index contributed by atoms with van der Waals surface area (Å²) < 4.78 is 17.7. The number of halogens is 2. The first kappa shape index (κ1) is 10.2. The van der Waals surface area contributed by atoms with E-state index in [1.165, 1.54) is 18.4 Å². The summed E-state index contributed by atoms with van der Waals surface area (Å²) in [5, 5.41) is 0.132. The molecule has 1 aromatic carbocycles. The van der Waals surface area contributed by atoms with Crippen LogP contribution in [-0.4, -0.2) is 12.4 Å². The minimum absolute atomic E-state index is 0.132.